The summed E-state index contributed by atoms with van der Waals surface area (Å²) >= 11 is 12.1. The number of likely N-dealkylation sites (tertiary alicyclic amines) is 1. The molecule has 2 aromatic rings. The number of para-hydroxylation sites is 1. The molecule has 6 nitrogen and oxygen atoms in total. The minimum Gasteiger partial charge on any atom is -0.455 e. The summed E-state index contributed by atoms with van der Waals surface area (Å²) in [6.07, 6.45) is 0.848. The van der Waals surface area contributed by atoms with Gasteiger partial charge in [0.15, 0.2) is 6.61 Å². The lowest BCUT2D eigenvalue weighted by Crippen LogP contribution is -2.49. The number of esters is 1. The van der Waals surface area contributed by atoms with E-state index in [9.17, 15) is 14.4 Å². The van der Waals surface area contributed by atoms with Gasteiger partial charge in [0.1, 0.15) is 0 Å². The molecule has 0 radical (unpaired) electrons. The minimum absolute atomic E-state index is 0.0268. The zero-order valence-corrected chi connectivity index (χ0v) is 18.0. The number of ether oxygens (including phenoxy) is 1. The van der Waals surface area contributed by atoms with Crippen LogP contribution in [0.4, 0.5) is 5.69 Å². The van der Waals surface area contributed by atoms with E-state index in [-0.39, 0.29) is 11.6 Å². The summed E-state index contributed by atoms with van der Waals surface area (Å²) in [7, 11) is 0. The van der Waals surface area contributed by atoms with Gasteiger partial charge >= 0.3 is 5.97 Å². The van der Waals surface area contributed by atoms with Crippen LogP contribution in [0.5, 0.6) is 0 Å². The zero-order valence-electron chi connectivity index (χ0n) is 16.5. The molecule has 1 fully saturated rings. The van der Waals surface area contributed by atoms with Crippen molar-refractivity contribution in [2.45, 2.75) is 25.2 Å². The second-order valence-electron chi connectivity index (χ2n) is 7.18. The fourth-order valence-electron chi connectivity index (χ4n) is 3.63. The molecular formula is C22H22Cl2N2O4. The quantitative estimate of drug-likeness (QED) is 0.699. The lowest BCUT2D eigenvalue weighted by molar-refractivity contribution is -0.156. The molecule has 8 heteroatoms. The first-order valence-electron chi connectivity index (χ1n) is 9.55. The SMILES string of the molecule is CC(=O)N1CCC(C(=O)OCC(=O)Nc2c(Cl)cccc2Cl)(c2ccccc2)CC1. The molecular weight excluding hydrogens is 427 g/mol. The lowest BCUT2D eigenvalue weighted by Gasteiger charge is -2.40. The van der Waals surface area contributed by atoms with Gasteiger partial charge in [0.2, 0.25) is 5.91 Å². The third-order valence-electron chi connectivity index (χ3n) is 5.34. The summed E-state index contributed by atoms with van der Waals surface area (Å²) in [5, 5.41) is 3.16. The second-order valence-corrected chi connectivity index (χ2v) is 7.99. The van der Waals surface area contributed by atoms with Gasteiger partial charge in [-0.1, -0.05) is 59.6 Å². The molecule has 0 aliphatic carbocycles. The van der Waals surface area contributed by atoms with Crippen LogP contribution >= 0.6 is 23.2 Å². The van der Waals surface area contributed by atoms with Gasteiger partial charge in [-0.3, -0.25) is 14.4 Å². The van der Waals surface area contributed by atoms with Gasteiger partial charge in [0, 0.05) is 20.0 Å². The van der Waals surface area contributed by atoms with Crippen molar-refractivity contribution in [3.63, 3.8) is 0 Å². The summed E-state index contributed by atoms with van der Waals surface area (Å²) < 4.78 is 5.41. The highest BCUT2D eigenvalue weighted by Crippen LogP contribution is 2.37. The smallest absolute Gasteiger partial charge is 0.317 e. The molecule has 30 heavy (non-hydrogen) atoms. The largest absolute Gasteiger partial charge is 0.455 e. The fraction of sp³-hybridized carbons (Fsp3) is 0.318. The molecule has 1 aliphatic rings. The molecule has 0 spiro atoms. The molecule has 3 rings (SSSR count). The number of halogens is 2. The number of hydrogen-bond donors (Lipinski definition) is 1. The fourth-order valence-corrected chi connectivity index (χ4v) is 4.13. The first-order valence-corrected chi connectivity index (χ1v) is 10.3. The van der Waals surface area contributed by atoms with Crippen molar-refractivity contribution in [1.29, 1.82) is 0 Å². The molecule has 2 amide bonds. The Balaban J connectivity index is 1.71. The van der Waals surface area contributed by atoms with Crippen molar-refractivity contribution in [3.05, 3.63) is 64.1 Å². The average Bonchev–Trinajstić information content (AvgIpc) is 2.75. The molecule has 1 N–H and O–H groups in total. The average molecular weight is 449 g/mol. The van der Waals surface area contributed by atoms with E-state index in [1.165, 1.54) is 6.92 Å². The van der Waals surface area contributed by atoms with Crippen LogP contribution in [0.2, 0.25) is 10.0 Å². The van der Waals surface area contributed by atoms with Crippen LogP contribution in [0.15, 0.2) is 48.5 Å². The molecule has 0 atom stereocenters. The van der Waals surface area contributed by atoms with E-state index in [0.717, 1.165) is 5.56 Å². The van der Waals surface area contributed by atoms with Crippen molar-refractivity contribution >= 4 is 46.7 Å². The molecule has 1 aliphatic heterocycles. The molecule has 158 valence electrons. The van der Waals surface area contributed by atoms with Crippen LogP contribution in [0.3, 0.4) is 0 Å². The third kappa shape index (κ3) is 4.77. The van der Waals surface area contributed by atoms with E-state index >= 15 is 0 Å². The number of benzene rings is 2. The number of rotatable bonds is 5. The summed E-state index contributed by atoms with van der Waals surface area (Å²) in [4.78, 5) is 38.9. The summed E-state index contributed by atoms with van der Waals surface area (Å²) in [6, 6.07) is 14.2. The number of carbonyl (C=O) groups is 3. The monoisotopic (exact) mass is 448 g/mol. The van der Waals surface area contributed by atoms with Gasteiger partial charge in [-0.15, -0.1) is 0 Å². The van der Waals surface area contributed by atoms with Crippen LogP contribution in [0.25, 0.3) is 0 Å². The minimum atomic E-state index is -0.907. The normalized spacial score (nSPS) is 15.4. The number of amides is 2. The standard InChI is InChI=1S/C22H22Cl2N2O4/c1-15(27)26-12-10-22(11-13-26,16-6-3-2-4-7-16)21(29)30-14-19(28)25-20-17(23)8-5-9-18(20)24/h2-9H,10-14H2,1H3,(H,25,28). The van der Waals surface area contributed by atoms with E-state index in [1.807, 2.05) is 30.3 Å². The second kappa shape index (κ2) is 9.49. The summed E-state index contributed by atoms with van der Waals surface area (Å²) in [6.45, 7) is 1.94. The van der Waals surface area contributed by atoms with Crippen LogP contribution < -0.4 is 5.32 Å². The molecule has 0 saturated carbocycles. The van der Waals surface area contributed by atoms with Gasteiger partial charge in [-0.05, 0) is 30.5 Å². The van der Waals surface area contributed by atoms with E-state index in [0.29, 0.717) is 36.0 Å². The number of nitrogens with zero attached hydrogens (tertiary/aromatic N) is 1. The number of piperidine rings is 1. The summed E-state index contributed by atoms with van der Waals surface area (Å²) in [5.41, 5.74) is 0.178. The highest BCUT2D eigenvalue weighted by Gasteiger charge is 2.44. The Morgan fingerprint density at radius 1 is 1.00 bits per heavy atom. The number of hydrogen-bond acceptors (Lipinski definition) is 4. The maximum Gasteiger partial charge on any atom is 0.317 e. The Morgan fingerprint density at radius 3 is 2.17 bits per heavy atom. The highest BCUT2D eigenvalue weighted by molar-refractivity contribution is 6.39. The molecule has 1 saturated heterocycles. The van der Waals surface area contributed by atoms with E-state index < -0.39 is 23.9 Å². The van der Waals surface area contributed by atoms with Crippen molar-refractivity contribution in [1.82, 2.24) is 4.90 Å². The van der Waals surface area contributed by atoms with E-state index in [1.54, 1.807) is 23.1 Å². The van der Waals surface area contributed by atoms with Gasteiger partial charge in [-0.2, -0.15) is 0 Å². The predicted octanol–water partition coefficient (Wildman–Crippen LogP) is 4.06. The van der Waals surface area contributed by atoms with Gasteiger partial charge in [0.05, 0.1) is 21.1 Å². The number of carbonyl (C=O) groups excluding carboxylic acids is 3. The third-order valence-corrected chi connectivity index (χ3v) is 5.97. The predicted molar refractivity (Wildman–Crippen MR) is 116 cm³/mol. The summed E-state index contributed by atoms with van der Waals surface area (Å²) in [5.74, 6) is -1.05. The van der Waals surface area contributed by atoms with Crippen LogP contribution in [-0.2, 0) is 24.5 Å². The van der Waals surface area contributed by atoms with Gasteiger partial charge in [-0.25, -0.2) is 0 Å². The van der Waals surface area contributed by atoms with Crippen molar-refractivity contribution in [3.8, 4) is 0 Å². The van der Waals surface area contributed by atoms with Gasteiger partial charge in [0.25, 0.3) is 5.91 Å². The van der Waals surface area contributed by atoms with Crippen molar-refractivity contribution in [2.75, 3.05) is 25.0 Å². The Hall–Kier alpha value is -2.57. The molecule has 2 aromatic carbocycles. The molecule has 0 bridgehead atoms. The Morgan fingerprint density at radius 2 is 1.60 bits per heavy atom. The number of nitrogens with one attached hydrogen (secondary N) is 1. The Bertz CT molecular complexity index is 921. The van der Waals surface area contributed by atoms with Crippen LogP contribution in [0, 0.1) is 0 Å². The van der Waals surface area contributed by atoms with Gasteiger partial charge < -0.3 is 15.0 Å². The molecule has 1 heterocycles. The lowest BCUT2D eigenvalue weighted by atomic mass is 9.72. The Kier molecular flexibility index (Phi) is 7.00. The van der Waals surface area contributed by atoms with Crippen molar-refractivity contribution in [2.24, 2.45) is 0 Å². The van der Waals surface area contributed by atoms with E-state index in [4.69, 9.17) is 27.9 Å². The maximum atomic E-state index is 13.1. The highest BCUT2D eigenvalue weighted by atomic mass is 35.5. The molecule has 0 aromatic heterocycles. The first-order chi connectivity index (χ1) is 14.3. The maximum absolute atomic E-state index is 13.1. The zero-order chi connectivity index (χ0) is 21.7. The topological polar surface area (TPSA) is 75.7 Å². The Labute approximate surface area is 185 Å². The van der Waals surface area contributed by atoms with E-state index in [2.05, 4.69) is 5.32 Å². The van der Waals surface area contributed by atoms with Crippen LogP contribution in [-0.4, -0.2) is 42.4 Å². The first kappa shape index (κ1) is 22.1. The van der Waals surface area contributed by atoms with Crippen molar-refractivity contribution < 1.29 is 19.1 Å². The number of anilines is 1. The molecule has 0 unspecified atom stereocenters. The van der Waals surface area contributed by atoms with Crippen LogP contribution in [0.1, 0.15) is 25.3 Å².